The second kappa shape index (κ2) is 7.74. The molecule has 8 heteroatoms. The highest BCUT2D eigenvalue weighted by Crippen LogP contribution is 2.65. The highest BCUT2D eigenvalue weighted by Gasteiger charge is 2.74. The third-order valence-electron chi connectivity index (χ3n) is 7.31. The van der Waals surface area contributed by atoms with Crippen LogP contribution in [-0.4, -0.2) is 69.6 Å². The van der Waals surface area contributed by atoms with Gasteiger partial charge in [-0.15, -0.1) is 11.8 Å². The van der Waals surface area contributed by atoms with E-state index in [4.69, 9.17) is 4.74 Å². The van der Waals surface area contributed by atoms with Gasteiger partial charge >= 0.3 is 5.97 Å². The molecule has 0 aliphatic carbocycles. The second-order valence-corrected chi connectivity index (χ2v) is 11.2. The maximum atomic E-state index is 14.2. The van der Waals surface area contributed by atoms with Crippen LogP contribution in [0.25, 0.3) is 0 Å². The van der Waals surface area contributed by atoms with Crippen molar-refractivity contribution in [2.24, 2.45) is 11.8 Å². The monoisotopic (exact) mass is 468 g/mol. The van der Waals surface area contributed by atoms with E-state index in [1.807, 2.05) is 63.3 Å². The predicted molar refractivity (Wildman–Crippen MR) is 126 cm³/mol. The van der Waals surface area contributed by atoms with Crippen LogP contribution in [0, 0.1) is 25.7 Å². The number of ether oxygens (including phenoxy) is 1. The van der Waals surface area contributed by atoms with Crippen molar-refractivity contribution < 1.29 is 24.2 Å². The van der Waals surface area contributed by atoms with Crippen LogP contribution < -0.4 is 4.90 Å². The first-order valence-electron chi connectivity index (χ1n) is 11.3. The number of aliphatic hydroxyl groups is 1. The SMILES string of the molecule is Cc1ccc(C)c(N2CC=C[C@]34S[C@@]5(C)C=CCOC(=O)[C@H]5[C@H]3C(=O)N(CCO)C4C2=O)c1. The number of hydrogen-bond donors (Lipinski definition) is 1. The number of nitrogens with zero attached hydrogens (tertiary/aromatic N) is 2. The van der Waals surface area contributed by atoms with Crippen LogP contribution in [-0.2, 0) is 19.1 Å². The Morgan fingerprint density at radius 2 is 1.91 bits per heavy atom. The molecule has 2 fully saturated rings. The lowest BCUT2D eigenvalue weighted by Crippen LogP contribution is -2.54. The molecule has 0 aromatic heterocycles. The number of fused-ring (bicyclic) bond motifs is 2. The first-order chi connectivity index (χ1) is 15.7. The molecule has 7 nitrogen and oxygen atoms in total. The molecule has 1 unspecified atom stereocenters. The Bertz CT molecular complexity index is 1100. The third-order valence-corrected chi connectivity index (χ3v) is 9.11. The molecule has 0 saturated carbocycles. The van der Waals surface area contributed by atoms with Gasteiger partial charge in [-0.2, -0.15) is 0 Å². The molecule has 2 saturated heterocycles. The highest BCUT2D eigenvalue weighted by molar-refractivity contribution is 8.02. The molecule has 0 bridgehead atoms. The minimum atomic E-state index is -0.921. The number of hydrogen-bond acceptors (Lipinski definition) is 6. The average Bonchev–Trinajstić information content (AvgIpc) is 3.01. The van der Waals surface area contributed by atoms with E-state index in [1.54, 1.807) is 4.90 Å². The summed E-state index contributed by atoms with van der Waals surface area (Å²) in [5.74, 6) is -2.32. The molecule has 5 atom stereocenters. The summed E-state index contributed by atoms with van der Waals surface area (Å²) in [6, 6.07) is 5.15. The normalized spacial score (nSPS) is 35.2. The fourth-order valence-electron chi connectivity index (χ4n) is 5.93. The Kier molecular flexibility index (Phi) is 5.21. The summed E-state index contributed by atoms with van der Waals surface area (Å²) in [5, 5.41) is 9.75. The van der Waals surface area contributed by atoms with E-state index in [-0.39, 0.29) is 31.6 Å². The number of thioether (sulfide) groups is 1. The number of β-amino-alcohol motifs (C(OH)–C–C–N with tert-alkyl or cyclic N) is 1. The smallest absolute Gasteiger partial charge is 0.311 e. The molecule has 4 heterocycles. The minimum Gasteiger partial charge on any atom is -0.461 e. The summed E-state index contributed by atoms with van der Waals surface area (Å²) >= 11 is 1.50. The largest absolute Gasteiger partial charge is 0.461 e. The van der Waals surface area contributed by atoms with Gasteiger partial charge in [0.2, 0.25) is 5.91 Å². The number of benzene rings is 1. The van der Waals surface area contributed by atoms with Gasteiger partial charge in [-0.3, -0.25) is 14.4 Å². The van der Waals surface area contributed by atoms with E-state index in [9.17, 15) is 19.5 Å². The highest BCUT2D eigenvalue weighted by atomic mass is 32.2. The maximum Gasteiger partial charge on any atom is 0.311 e. The van der Waals surface area contributed by atoms with Crippen molar-refractivity contribution in [1.82, 2.24) is 4.90 Å². The molecule has 0 radical (unpaired) electrons. The average molecular weight is 469 g/mol. The number of cyclic esters (lactones) is 1. The van der Waals surface area contributed by atoms with Crippen molar-refractivity contribution in [2.75, 3.05) is 31.2 Å². The lowest BCUT2D eigenvalue weighted by atomic mass is 9.75. The van der Waals surface area contributed by atoms with Crippen LogP contribution >= 0.6 is 11.8 Å². The topological polar surface area (TPSA) is 87.2 Å². The van der Waals surface area contributed by atoms with Crippen LogP contribution in [0.1, 0.15) is 18.1 Å². The van der Waals surface area contributed by atoms with Gasteiger partial charge in [-0.1, -0.05) is 30.4 Å². The summed E-state index contributed by atoms with van der Waals surface area (Å²) in [6.07, 6.45) is 7.68. The molecule has 4 aliphatic heterocycles. The molecule has 1 spiro atoms. The number of likely N-dealkylation sites (tertiary alicyclic amines) is 1. The van der Waals surface area contributed by atoms with Gasteiger partial charge in [0.15, 0.2) is 0 Å². The summed E-state index contributed by atoms with van der Waals surface area (Å²) in [6.45, 7) is 6.22. The van der Waals surface area contributed by atoms with Gasteiger partial charge in [0, 0.05) is 23.5 Å². The van der Waals surface area contributed by atoms with Crippen molar-refractivity contribution in [1.29, 1.82) is 0 Å². The van der Waals surface area contributed by atoms with Gasteiger partial charge in [-0.05, 0) is 44.0 Å². The second-order valence-electron chi connectivity index (χ2n) is 9.43. The van der Waals surface area contributed by atoms with Crippen LogP contribution in [0.2, 0.25) is 0 Å². The fourth-order valence-corrected chi connectivity index (χ4v) is 8.08. The molecule has 33 heavy (non-hydrogen) atoms. The first kappa shape index (κ1) is 22.2. The minimum absolute atomic E-state index is 0.0385. The molecule has 1 N–H and O–H groups in total. The quantitative estimate of drug-likeness (QED) is 0.539. The summed E-state index contributed by atoms with van der Waals surface area (Å²) in [7, 11) is 0. The molecule has 174 valence electrons. The maximum absolute atomic E-state index is 14.2. The number of anilines is 1. The first-order valence-corrected chi connectivity index (χ1v) is 12.1. The number of carbonyl (C=O) groups is 3. The summed E-state index contributed by atoms with van der Waals surface area (Å²) < 4.78 is 3.82. The van der Waals surface area contributed by atoms with Gasteiger partial charge in [0.05, 0.1) is 23.2 Å². The molecule has 1 aromatic rings. The van der Waals surface area contributed by atoms with Crippen molar-refractivity contribution >= 4 is 35.2 Å². The Morgan fingerprint density at radius 1 is 1.12 bits per heavy atom. The van der Waals surface area contributed by atoms with Gasteiger partial charge in [0.1, 0.15) is 12.6 Å². The van der Waals surface area contributed by atoms with E-state index in [1.165, 1.54) is 16.7 Å². The number of carbonyl (C=O) groups excluding carboxylic acids is 3. The fraction of sp³-hybridized carbons (Fsp3) is 0.480. The van der Waals surface area contributed by atoms with Crippen molar-refractivity contribution in [3.8, 4) is 0 Å². The molecular weight excluding hydrogens is 440 g/mol. The Morgan fingerprint density at radius 3 is 2.67 bits per heavy atom. The van der Waals surface area contributed by atoms with E-state index < -0.39 is 33.3 Å². The number of aliphatic hydroxyl groups excluding tert-OH is 1. The molecule has 2 amide bonds. The number of rotatable bonds is 3. The standard InChI is InChI=1S/C25H28N2O5S/c1-15-6-7-16(2)17(14-15)26-10-4-9-25-18(21(29)27(11-12-28)20(25)22(26)30)19-23(31)32-13-5-8-24(19,3)33-25/h4-9,14,18-20,28H,10-13H2,1-3H3/t18-,19+,20?,24-,25-/m0/s1. The lowest BCUT2D eigenvalue weighted by molar-refractivity contribution is -0.152. The van der Waals surface area contributed by atoms with Crippen LogP contribution in [0.15, 0.2) is 42.5 Å². The zero-order valence-corrected chi connectivity index (χ0v) is 19.8. The predicted octanol–water partition coefficient (Wildman–Crippen LogP) is 2.00. The lowest BCUT2D eigenvalue weighted by Gasteiger charge is -2.36. The van der Waals surface area contributed by atoms with Crippen LogP contribution in [0.4, 0.5) is 5.69 Å². The molecule has 1 aromatic carbocycles. The van der Waals surface area contributed by atoms with E-state index in [0.717, 1.165) is 16.8 Å². The molecular formula is C25H28N2O5S. The van der Waals surface area contributed by atoms with Gasteiger partial charge in [0.25, 0.3) is 5.91 Å². The summed E-state index contributed by atoms with van der Waals surface area (Å²) in [5.41, 5.74) is 2.82. The Balaban J connectivity index is 1.66. The number of aryl methyl sites for hydroxylation is 2. The van der Waals surface area contributed by atoms with Gasteiger partial charge < -0.3 is 19.6 Å². The van der Waals surface area contributed by atoms with E-state index in [0.29, 0.717) is 6.54 Å². The van der Waals surface area contributed by atoms with E-state index in [2.05, 4.69) is 0 Å². The number of amides is 2. The van der Waals surface area contributed by atoms with Crippen molar-refractivity contribution in [3.63, 3.8) is 0 Å². The van der Waals surface area contributed by atoms with E-state index >= 15 is 0 Å². The Hall–Kier alpha value is -2.58. The summed E-state index contributed by atoms with van der Waals surface area (Å²) in [4.78, 5) is 44.2. The zero-order chi connectivity index (χ0) is 23.5. The molecule has 5 rings (SSSR count). The molecule has 4 aliphatic rings. The van der Waals surface area contributed by atoms with Crippen molar-refractivity contribution in [3.05, 3.63) is 53.6 Å². The van der Waals surface area contributed by atoms with Crippen molar-refractivity contribution in [2.45, 2.75) is 36.3 Å². The zero-order valence-electron chi connectivity index (χ0n) is 19.0. The van der Waals surface area contributed by atoms with Crippen LogP contribution in [0.5, 0.6) is 0 Å². The van der Waals surface area contributed by atoms with Crippen LogP contribution in [0.3, 0.4) is 0 Å². The third kappa shape index (κ3) is 3.10. The Labute approximate surface area is 197 Å². The number of esters is 1. The van der Waals surface area contributed by atoms with Gasteiger partial charge in [-0.25, -0.2) is 0 Å².